The molecule has 0 saturated carbocycles. The predicted molar refractivity (Wildman–Crippen MR) is 114 cm³/mol. The Morgan fingerprint density at radius 1 is 0.519 bits per heavy atom. The zero-order valence-corrected chi connectivity index (χ0v) is 18.0. The summed E-state index contributed by atoms with van der Waals surface area (Å²) in [5, 5.41) is 38.0. The van der Waals surface area contributed by atoms with E-state index in [1.54, 1.807) is 0 Å². The van der Waals surface area contributed by atoms with Gasteiger partial charge in [0.2, 0.25) is 0 Å². The van der Waals surface area contributed by atoms with Crippen LogP contribution in [-0.2, 0) is 0 Å². The fraction of sp³-hybridized carbons (Fsp3) is 1.00. The average molecular weight is 389 g/mol. The first-order chi connectivity index (χ1) is 13.2. The molecule has 0 heterocycles. The van der Waals surface area contributed by atoms with Crippen molar-refractivity contribution in [3.8, 4) is 0 Å². The van der Waals surface area contributed by atoms with Crippen LogP contribution in [0.2, 0.25) is 0 Å². The van der Waals surface area contributed by atoms with Crippen molar-refractivity contribution in [1.29, 1.82) is 0 Å². The SMILES string of the molecule is CCCCCCCCCCCCCCCCCCC(O)C(CO)(CO)CO. The van der Waals surface area contributed by atoms with E-state index in [9.17, 15) is 20.4 Å². The lowest BCUT2D eigenvalue weighted by Gasteiger charge is -2.32. The highest BCUT2D eigenvalue weighted by molar-refractivity contribution is 4.84. The summed E-state index contributed by atoms with van der Waals surface area (Å²) in [4.78, 5) is 0. The number of unbranched alkanes of at least 4 members (excludes halogenated alkanes) is 15. The summed E-state index contributed by atoms with van der Waals surface area (Å²) in [7, 11) is 0. The molecule has 4 N–H and O–H groups in total. The Morgan fingerprint density at radius 2 is 0.815 bits per heavy atom. The maximum Gasteiger partial charge on any atom is 0.0662 e. The van der Waals surface area contributed by atoms with Gasteiger partial charge >= 0.3 is 0 Å². The van der Waals surface area contributed by atoms with Gasteiger partial charge in [-0.1, -0.05) is 110 Å². The molecule has 27 heavy (non-hydrogen) atoms. The smallest absolute Gasteiger partial charge is 0.0662 e. The summed E-state index contributed by atoms with van der Waals surface area (Å²) in [5.74, 6) is 0. The summed E-state index contributed by atoms with van der Waals surface area (Å²) in [6, 6.07) is 0. The van der Waals surface area contributed by atoms with E-state index in [0.29, 0.717) is 6.42 Å². The molecule has 0 aliphatic carbocycles. The molecule has 4 nitrogen and oxygen atoms in total. The summed E-state index contributed by atoms with van der Waals surface area (Å²) >= 11 is 0. The third kappa shape index (κ3) is 13.6. The fourth-order valence-corrected chi connectivity index (χ4v) is 3.66. The number of hydrogen-bond donors (Lipinski definition) is 4. The molecule has 1 unspecified atom stereocenters. The number of hydrogen-bond acceptors (Lipinski definition) is 4. The Labute approximate surface area is 168 Å². The summed E-state index contributed by atoms with van der Waals surface area (Å²) in [6.45, 7) is 1.10. The van der Waals surface area contributed by atoms with Gasteiger partial charge in [0.25, 0.3) is 0 Å². The van der Waals surface area contributed by atoms with E-state index in [2.05, 4.69) is 6.92 Å². The third-order valence-electron chi connectivity index (χ3n) is 5.98. The first-order valence-corrected chi connectivity index (χ1v) is 11.7. The van der Waals surface area contributed by atoms with E-state index >= 15 is 0 Å². The van der Waals surface area contributed by atoms with Crippen LogP contribution in [0.25, 0.3) is 0 Å². The lowest BCUT2D eigenvalue weighted by Crippen LogP contribution is -2.45. The van der Waals surface area contributed by atoms with Gasteiger partial charge in [-0.05, 0) is 6.42 Å². The van der Waals surface area contributed by atoms with Crippen LogP contribution in [0.3, 0.4) is 0 Å². The number of aliphatic hydroxyl groups excluding tert-OH is 4. The van der Waals surface area contributed by atoms with Crippen molar-refractivity contribution < 1.29 is 20.4 Å². The molecule has 0 aromatic carbocycles. The number of aliphatic hydroxyl groups is 4. The highest BCUT2D eigenvalue weighted by Crippen LogP contribution is 2.25. The van der Waals surface area contributed by atoms with Gasteiger partial charge in [-0.3, -0.25) is 0 Å². The van der Waals surface area contributed by atoms with Crippen molar-refractivity contribution in [2.75, 3.05) is 19.8 Å². The lowest BCUT2D eigenvalue weighted by atomic mass is 9.82. The van der Waals surface area contributed by atoms with Crippen molar-refractivity contribution in [1.82, 2.24) is 0 Å². The molecule has 4 heteroatoms. The van der Waals surface area contributed by atoms with Crippen LogP contribution >= 0.6 is 0 Å². The summed E-state index contributed by atoms with van der Waals surface area (Å²) < 4.78 is 0. The summed E-state index contributed by atoms with van der Waals surface area (Å²) in [6.07, 6.45) is 20.6. The van der Waals surface area contributed by atoms with Crippen molar-refractivity contribution in [2.45, 2.75) is 122 Å². The monoisotopic (exact) mass is 388 g/mol. The average Bonchev–Trinajstić information content (AvgIpc) is 2.69. The Bertz CT molecular complexity index is 284. The minimum absolute atomic E-state index is 0.389. The highest BCUT2D eigenvalue weighted by atomic mass is 16.3. The van der Waals surface area contributed by atoms with Crippen LogP contribution in [0, 0.1) is 5.41 Å². The van der Waals surface area contributed by atoms with E-state index in [-0.39, 0.29) is 19.8 Å². The zero-order valence-electron chi connectivity index (χ0n) is 18.0. The molecule has 0 aliphatic rings. The molecule has 0 amide bonds. The van der Waals surface area contributed by atoms with Crippen LogP contribution in [0.15, 0.2) is 0 Å². The maximum atomic E-state index is 10.1. The molecule has 0 rings (SSSR count). The second-order valence-corrected chi connectivity index (χ2v) is 8.44. The van der Waals surface area contributed by atoms with E-state index in [4.69, 9.17) is 0 Å². The maximum absolute atomic E-state index is 10.1. The van der Waals surface area contributed by atoms with Crippen molar-refractivity contribution in [2.24, 2.45) is 5.41 Å². The van der Waals surface area contributed by atoms with E-state index in [0.717, 1.165) is 12.8 Å². The van der Waals surface area contributed by atoms with Gasteiger partial charge in [-0.2, -0.15) is 0 Å². The molecule has 0 aromatic rings. The van der Waals surface area contributed by atoms with Crippen LogP contribution in [0.5, 0.6) is 0 Å². The van der Waals surface area contributed by atoms with Crippen molar-refractivity contribution >= 4 is 0 Å². The molecular weight excluding hydrogens is 340 g/mol. The molecule has 0 spiro atoms. The molecule has 164 valence electrons. The molecule has 0 aromatic heterocycles. The molecule has 0 aliphatic heterocycles. The largest absolute Gasteiger partial charge is 0.396 e. The molecule has 0 fully saturated rings. The first-order valence-electron chi connectivity index (χ1n) is 11.7. The minimum Gasteiger partial charge on any atom is -0.396 e. The first kappa shape index (κ1) is 26.8. The third-order valence-corrected chi connectivity index (χ3v) is 5.98. The predicted octanol–water partition coefficient (Wildman–Crippen LogP) is 4.96. The van der Waals surface area contributed by atoms with Gasteiger partial charge in [-0.25, -0.2) is 0 Å². The topological polar surface area (TPSA) is 80.9 Å². The minimum atomic E-state index is -1.16. The quantitative estimate of drug-likeness (QED) is 0.209. The molecular formula is C23H48O4. The van der Waals surface area contributed by atoms with Gasteiger partial charge in [0.05, 0.1) is 31.3 Å². The van der Waals surface area contributed by atoms with Gasteiger partial charge in [-0.15, -0.1) is 0 Å². The van der Waals surface area contributed by atoms with Crippen LogP contribution in [0.4, 0.5) is 0 Å². The van der Waals surface area contributed by atoms with Gasteiger partial charge in [0, 0.05) is 0 Å². The second kappa shape index (κ2) is 19.2. The Morgan fingerprint density at radius 3 is 1.11 bits per heavy atom. The standard InChI is InChI=1S/C23H48O4/c1-2-3-4-5-6-7-8-9-10-11-12-13-14-15-16-17-18-22(27)23(19-24,20-25)21-26/h22,24-27H,2-21H2,1H3. The Kier molecular flexibility index (Phi) is 19.1. The van der Waals surface area contributed by atoms with Crippen LogP contribution in [0.1, 0.15) is 116 Å². The van der Waals surface area contributed by atoms with E-state index in [1.807, 2.05) is 0 Å². The summed E-state index contributed by atoms with van der Waals surface area (Å²) in [5.41, 5.74) is -1.16. The second-order valence-electron chi connectivity index (χ2n) is 8.44. The lowest BCUT2D eigenvalue weighted by molar-refractivity contribution is -0.0863. The van der Waals surface area contributed by atoms with Gasteiger partial charge in [0.1, 0.15) is 0 Å². The molecule has 0 saturated heterocycles. The van der Waals surface area contributed by atoms with Gasteiger partial charge < -0.3 is 20.4 Å². The molecule has 1 atom stereocenters. The van der Waals surface area contributed by atoms with Crippen LogP contribution < -0.4 is 0 Å². The Balaban J connectivity index is 3.34. The number of rotatable bonds is 21. The molecule has 0 bridgehead atoms. The van der Waals surface area contributed by atoms with Crippen molar-refractivity contribution in [3.63, 3.8) is 0 Å². The fourth-order valence-electron chi connectivity index (χ4n) is 3.66. The van der Waals surface area contributed by atoms with E-state index in [1.165, 1.54) is 89.9 Å². The molecule has 0 radical (unpaired) electrons. The normalized spacial score (nSPS) is 13.2. The highest BCUT2D eigenvalue weighted by Gasteiger charge is 2.35. The van der Waals surface area contributed by atoms with E-state index < -0.39 is 11.5 Å². The zero-order chi connectivity index (χ0) is 20.2. The van der Waals surface area contributed by atoms with Crippen LogP contribution in [-0.4, -0.2) is 46.4 Å². The van der Waals surface area contributed by atoms with Gasteiger partial charge in [0.15, 0.2) is 0 Å². The van der Waals surface area contributed by atoms with Crippen molar-refractivity contribution in [3.05, 3.63) is 0 Å². The Hall–Kier alpha value is -0.160.